The molecule has 0 saturated carbocycles. The monoisotopic (exact) mass is 1180 g/mol. The second kappa shape index (κ2) is 56.1. The van der Waals surface area contributed by atoms with E-state index in [0.29, 0.717) is 50.1 Å². The van der Waals surface area contributed by atoms with Crippen molar-refractivity contribution in [3.63, 3.8) is 0 Å². The fourth-order valence-corrected chi connectivity index (χ4v) is 9.63. The van der Waals surface area contributed by atoms with Crippen molar-refractivity contribution in [3.8, 4) is 0 Å². The first-order valence-electron chi connectivity index (χ1n) is 33.7. The van der Waals surface area contributed by atoms with E-state index in [4.69, 9.17) is 23.7 Å². The molecule has 0 heterocycles. The Bertz CT molecular complexity index is 1890. The van der Waals surface area contributed by atoms with Crippen molar-refractivity contribution in [3.05, 3.63) is 60.2 Å². The lowest BCUT2D eigenvalue weighted by Crippen LogP contribution is -2.30. The summed E-state index contributed by atoms with van der Waals surface area (Å²) in [5, 5.41) is 25.9. The second-order valence-electron chi connectivity index (χ2n) is 23.2. The van der Waals surface area contributed by atoms with E-state index in [1.807, 2.05) is 19.9 Å². The minimum absolute atomic E-state index is 0.161. The van der Waals surface area contributed by atoms with Gasteiger partial charge in [-0.1, -0.05) is 205 Å². The molecule has 0 spiro atoms. The molecule has 1 aromatic rings. The third kappa shape index (κ3) is 48.5. The maximum Gasteiger partial charge on any atom is 0.411 e. The molecule has 14 nitrogen and oxygen atoms in total. The van der Waals surface area contributed by atoms with Gasteiger partial charge in [0, 0.05) is 37.1 Å². The molecule has 0 aromatic heterocycles. The molecule has 14 heteroatoms. The van der Waals surface area contributed by atoms with Gasteiger partial charge < -0.3 is 33.9 Å². The van der Waals surface area contributed by atoms with Gasteiger partial charge in [0.1, 0.15) is 19.3 Å². The van der Waals surface area contributed by atoms with Crippen LogP contribution < -0.4 is 10.6 Å². The number of carbonyl (C=O) groups excluding carboxylic acids is 5. The Kier molecular flexibility index (Phi) is 51.7. The van der Waals surface area contributed by atoms with Gasteiger partial charge in [-0.3, -0.25) is 25.0 Å². The maximum atomic E-state index is 13.0. The number of aryl methyl sites for hydroxylation is 1. The number of ether oxygens (including phenoxy) is 5. The van der Waals surface area contributed by atoms with Gasteiger partial charge in [0.25, 0.3) is 0 Å². The zero-order chi connectivity index (χ0) is 61.4. The fraction of sp³-hybridized carbons (Fsp3) is 0.757. The van der Waals surface area contributed by atoms with Gasteiger partial charge in [0.2, 0.25) is 0 Å². The number of benzene rings is 1. The van der Waals surface area contributed by atoms with Crippen molar-refractivity contribution in [1.29, 1.82) is 0 Å². The highest BCUT2D eigenvalue weighted by Crippen LogP contribution is 2.23. The molecule has 0 bridgehead atoms. The molecule has 4 N–H and O–H groups in total. The Morgan fingerprint density at radius 1 is 0.429 bits per heavy atom. The number of carbonyl (C=O) groups is 5. The van der Waals surface area contributed by atoms with Crippen molar-refractivity contribution in [2.75, 3.05) is 30.5 Å². The number of aliphatic hydroxyl groups excluding tert-OH is 2. The summed E-state index contributed by atoms with van der Waals surface area (Å²) >= 11 is 0. The molecule has 1 aromatic carbocycles. The van der Waals surface area contributed by atoms with E-state index in [0.717, 1.165) is 179 Å². The molecule has 482 valence electrons. The van der Waals surface area contributed by atoms with Crippen molar-refractivity contribution in [2.45, 2.75) is 322 Å². The van der Waals surface area contributed by atoms with Crippen LogP contribution in [-0.2, 0) is 38.1 Å². The zero-order valence-corrected chi connectivity index (χ0v) is 53.6. The smallest absolute Gasteiger partial charge is 0.411 e. The van der Waals surface area contributed by atoms with Crippen LogP contribution in [0.1, 0.15) is 297 Å². The van der Waals surface area contributed by atoms with E-state index in [2.05, 4.69) is 67.9 Å². The average molecular weight is 1180 g/mol. The molecule has 0 aliphatic heterocycles. The topological polar surface area (TPSA) is 196 Å². The first-order valence-corrected chi connectivity index (χ1v) is 33.7. The summed E-state index contributed by atoms with van der Waals surface area (Å²) in [5.74, 6) is -1.12. The minimum Gasteiger partial charge on any atom is -0.462 e. The van der Waals surface area contributed by atoms with Crippen molar-refractivity contribution < 1.29 is 57.9 Å². The van der Waals surface area contributed by atoms with Crippen LogP contribution in [0, 0.1) is 6.92 Å². The maximum absolute atomic E-state index is 13.0. The number of aliphatic hydroxyl groups is 2. The van der Waals surface area contributed by atoms with Crippen LogP contribution >= 0.6 is 0 Å². The second-order valence-corrected chi connectivity index (χ2v) is 23.2. The molecule has 1 rings (SSSR count). The molecule has 0 aliphatic carbocycles. The molecule has 4 atom stereocenters. The van der Waals surface area contributed by atoms with Gasteiger partial charge in [-0.05, 0) is 127 Å². The van der Waals surface area contributed by atoms with Gasteiger partial charge in [0.05, 0.1) is 18.8 Å². The van der Waals surface area contributed by atoms with Crippen LogP contribution in [0.5, 0.6) is 0 Å². The molecule has 0 saturated heterocycles. The summed E-state index contributed by atoms with van der Waals surface area (Å²) in [7, 11) is 0. The van der Waals surface area contributed by atoms with E-state index in [9.17, 15) is 34.2 Å². The largest absolute Gasteiger partial charge is 0.462 e. The number of esters is 3. The predicted molar refractivity (Wildman–Crippen MR) is 343 cm³/mol. The van der Waals surface area contributed by atoms with Gasteiger partial charge in [-0.15, -0.1) is 0 Å². The summed E-state index contributed by atoms with van der Waals surface area (Å²) in [4.78, 5) is 63.9. The molecule has 0 aliphatic rings. The molecular formula is C70H120N2O12. The van der Waals surface area contributed by atoms with Gasteiger partial charge in [-0.2, -0.15) is 0 Å². The van der Waals surface area contributed by atoms with Crippen LogP contribution in [0.25, 0.3) is 0 Å². The molecule has 84 heavy (non-hydrogen) atoms. The van der Waals surface area contributed by atoms with Crippen LogP contribution in [0.2, 0.25) is 0 Å². The van der Waals surface area contributed by atoms with E-state index >= 15 is 0 Å². The molecule has 2 amide bonds. The molecule has 0 fully saturated rings. The number of anilines is 2. The van der Waals surface area contributed by atoms with Crippen LogP contribution in [0.4, 0.5) is 21.0 Å². The summed E-state index contributed by atoms with van der Waals surface area (Å²) in [6.07, 6.45) is 47.8. The van der Waals surface area contributed by atoms with E-state index in [1.165, 1.54) is 38.5 Å². The number of amides is 2. The molecule has 4 unspecified atom stereocenters. The van der Waals surface area contributed by atoms with Crippen molar-refractivity contribution in [1.82, 2.24) is 0 Å². The van der Waals surface area contributed by atoms with Gasteiger partial charge >= 0.3 is 30.1 Å². The standard InChI is InChI=1S/C70H120N2O12/c1-6-10-14-35-44-61(73)46-37-29-23-17-20-26-32-41-50-66(75)81-57-64(83-68(77)52-43-34-28-21-18-24-30-38-47-62(74)45-36-15-11-7-2)58-82-67(76)51-42-33-27-22-19-25-31-40-49-63(48-39-16-12-8-3)84-70(79)71-60-54-53-59(5)65(56-60)72-69(78)80-55-13-9-4/h29-31,37-38,40,53-54,56,61-64,73-74H,6-28,32-36,39,41-52,55,57-58H2,1-5H3,(H,71,79)(H,72,78)/b37-29+,38-30+,40-31+. The lowest BCUT2D eigenvalue weighted by atomic mass is 10.1. The van der Waals surface area contributed by atoms with E-state index < -0.39 is 24.3 Å². The van der Waals surface area contributed by atoms with Crippen LogP contribution in [-0.4, -0.2) is 84.5 Å². The summed E-state index contributed by atoms with van der Waals surface area (Å²) in [6, 6.07) is 5.31. The van der Waals surface area contributed by atoms with Crippen molar-refractivity contribution >= 4 is 41.5 Å². The van der Waals surface area contributed by atoms with E-state index in [-0.39, 0.29) is 62.7 Å². The zero-order valence-electron chi connectivity index (χ0n) is 53.6. The van der Waals surface area contributed by atoms with Crippen LogP contribution in [0.3, 0.4) is 0 Å². The molecule has 0 radical (unpaired) electrons. The Morgan fingerprint density at radius 2 is 0.857 bits per heavy atom. The van der Waals surface area contributed by atoms with E-state index in [1.54, 1.807) is 12.1 Å². The lowest BCUT2D eigenvalue weighted by molar-refractivity contribution is -0.167. The summed E-state index contributed by atoms with van der Waals surface area (Å²) in [5.41, 5.74) is 1.92. The number of rotatable bonds is 56. The number of unbranched alkanes of at least 4 members (excludes halogenated alkanes) is 25. The summed E-state index contributed by atoms with van der Waals surface area (Å²) in [6.45, 7) is 10.5. The Labute approximate surface area is 510 Å². The number of allylic oxidation sites excluding steroid dienone is 3. The van der Waals surface area contributed by atoms with Gasteiger partial charge in [-0.25, -0.2) is 9.59 Å². The minimum atomic E-state index is -0.875. The first kappa shape index (κ1) is 77.3. The number of hydrogen-bond acceptors (Lipinski definition) is 12. The highest BCUT2D eigenvalue weighted by Gasteiger charge is 2.20. The number of hydrogen-bond donors (Lipinski definition) is 4. The molecular weight excluding hydrogens is 1060 g/mol. The Morgan fingerprint density at radius 3 is 1.35 bits per heavy atom. The summed E-state index contributed by atoms with van der Waals surface area (Å²) < 4.78 is 28.0. The Hall–Kier alpha value is -4.69. The number of nitrogens with one attached hydrogen (secondary N) is 2. The van der Waals surface area contributed by atoms with Crippen LogP contribution in [0.15, 0.2) is 54.7 Å². The normalized spacial score (nSPS) is 13.0. The first-order chi connectivity index (χ1) is 40.9. The van der Waals surface area contributed by atoms with Crippen molar-refractivity contribution in [2.24, 2.45) is 0 Å². The highest BCUT2D eigenvalue weighted by molar-refractivity contribution is 5.89. The SMILES string of the molecule is CCCCCCC(O)C/C=C/CCCCCCCC(=O)OCC(COC(=O)CCCCCCC/C=C/CC(CCCCCC)OC(=O)Nc1ccc(C)c(NC(=O)OCCCC)c1)OC(=O)CCCCCCC/C=C/CC(O)CCCCCC. The Balaban J connectivity index is 2.53. The third-order valence-corrected chi connectivity index (χ3v) is 15.0. The van der Waals surface area contributed by atoms with Gasteiger partial charge in [0.15, 0.2) is 6.10 Å². The average Bonchev–Trinajstić information content (AvgIpc) is 3.67. The predicted octanol–water partition coefficient (Wildman–Crippen LogP) is 18.9. The fourth-order valence-electron chi connectivity index (χ4n) is 9.63. The third-order valence-electron chi connectivity index (χ3n) is 15.0. The quantitative estimate of drug-likeness (QED) is 0.0209. The lowest BCUT2D eigenvalue weighted by Gasteiger charge is -2.18. The highest BCUT2D eigenvalue weighted by atomic mass is 16.6.